The predicted molar refractivity (Wildman–Crippen MR) is 135 cm³/mol. The fraction of sp³-hybridized carbons (Fsp3) is 0.172. The van der Waals surface area contributed by atoms with E-state index in [2.05, 4.69) is 11.9 Å². The van der Waals surface area contributed by atoms with Crippen molar-refractivity contribution in [3.63, 3.8) is 0 Å². The molecule has 4 aromatic carbocycles. The van der Waals surface area contributed by atoms with Crippen molar-refractivity contribution >= 4 is 33.5 Å². The lowest BCUT2D eigenvalue weighted by Crippen LogP contribution is -2.46. The van der Waals surface area contributed by atoms with Gasteiger partial charge < -0.3 is 5.32 Å². The van der Waals surface area contributed by atoms with E-state index in [1.807, 2.05) is 98.8 Å². The van der Waals surface area contributed by atoms with Gasteiger partial charge in [0.05, 0.1) is 12.1 Å². The minimum Gasteiger partial charge on any atom is -0.331 e. The molecule has 4 nitrogen and oxygen atoms in total. The van der Waals surface area contributed by atoms with Crippen LogP contribution < -0.4 is 5.32 Å². The van der Waals surface area contributed by atoms with Crippen molar-refractivity contribution in [2.45, 2.75) is 32.9 Å². The summed E-state index contributed by atoms with van der Waals surface area (Å²) in [6, 6.07) is 26.8. The van der Waals surface area contributed by atoms with E-state index in [1.165, 1.54) is 4.90 Å². The molecule has 1 N–H and O–H groups in total. The fourth-order valence-corrected chi connectivity index (χ4v) is 4.36. The Morgan fingerprint density at radius 3 is 1.82 bits per heavy atom. The molecule has 0 spiro atoms. The third-order valence-electron chi connectivity index (χ3n) is 6.09. The quantitative estimate of drug-likeness (QED) is 0.345. The average molecular weight is 437 g/mol. The molecule has 0 bridgehead atoms. The molecule has 0 fully saturated rings. The van der Waals surface area contributed by atoms with Crippen LogP contribution in [-0.4, -0.2) is 16.8 Å². The maximum atomic E-state index is 13.5. The highest BCUT2D eigenvalue weighted by Crippen LogP contribution is 2.30. The summed E-state index contributed by atoms with van der Waals surface area (Å²) in [6.07, 6.45) is 0. The van der Waals surface area contributed by atoms with Crippen LogP contribution >= 0.6 is 0 Å². The number of hydrogen-bond donors (Lipinski definition) is 1. The number of amides is 3. The van der Waals surface area contributed by atoms with Gasteiger partial charge in [-0.1, -0.05) is 91.5 Å². The zero-order valence-corrected chi connectivity index (χ0v) is 19.2. The van der Waals surface area contributed by atoms with Gasteiger partial charge in [0.25, 0.3) is 5.91 Å². The predicted octanol–water partition coefficient (Wildman–Crippen LogP) is 6.93. The van der Waals surface area contributed by atoms with E-state index in [0.29, 0.717) is 5.57 Å². The number of urea groups is 1. The maximum absolute atomic E-state index is 13.5. The highest BCUT2D eigenvalue weighted by molar-refractivity contribution is 6.04. The van der Waals surface area contributed by atoms with Gasteiger partial charge in [-0.05, 0) is 53.4 Å². The van der Waals surface area contributed by atoms with Gasteiger partial charge in [-0.2, -0.15) is 0 Å². The normalized spacial score (nSPS) is 12.8. The first-order valence-electron chi connectivity index (χ1n) is 11.1. The second-order valence-corrected chi connectivity index (χ2v) is 8.44. The summed E-state index contributed by atoms with van der Waals surface area (Å²) >= 11 is 0. The van der Waals surface area contributed by atoms with Crippen molar-refractivity contribution in [1.82, 2.24) is 10.2 Å². The molecule has 4 rings (SSSR count). The van der Waals surface area contributed by atoms with Gasteiger partial charge in [-0.3, -0.25) is 9.69 Å². The zero-order valence-electron chi connectivity index (χ0n) is 19.2. The van der Waals surface area contributed by atoms with Gasteiger partial charge in [-0.25, -0.2) is 4.79 Å². The topological polar surface area (TPSA) is 49.4 Å². The highest BCUT2D eigenvalue weighted by atomic mass is 16.2. The lowest BCUT2D eigenvalue weighted by Gasteiger charge is -2.30. The molecule has 4 aromatic rings. The van der Waals surface area contributed by atoms with Crippen LogP contribution in [0, 0.1) is 0 Å². The monoisotopic (exact) mass is 436 g/mol. The van der Waals surface area contributed by atoms with Crippen molar-refractivity contribution in [2.24, 2.45) is 0 Å². The molecule has 1 unspecified atom stereocenters. The SMILES string of the molecule is C=C(C)C(=O)N(C(=O)N[C@@H](C)c1cccc2ccccc12)C(C)c1cccc2ccccc12. The van der Waals surface area contributed by atoms with E-state index in [0.717, 1.165) is 32.7 Å². The minimum absolute atomic E-state index is 0.288. The molecule has 33 heavy (non-hydrogen) atoms. The minimum atomic E-state index is -0.472. The second kappa shape index (κ2) is 9.29. The number of fused-ring (bicyclic) bond motifs is 2. The standard InChI is InChI=1S/C29H28N2O2/c1-19(2)28(32)31(21(4)25-18-10-14-23-12-6-8-16-27(23)25)29(33)30-20(3)24-17-9-13-22-11-5-7-15-26(22)24/h5-18,20-21H,1H2,2-4H3,(H,30,33)/t20-,21?/m0/s1. The van der Waals surface area contributed by atoms with E-state index in [9.17, 15) is 9.59 Å². The third kappa shape index (κ3) is 4.37. The Bertz CT molecular complexity index is 1350. The molecule has 4 heteroatoms. The van der Waals surface area contributed by atoms with E-state index in [-0.39, 0.29) is 6.04 Å². The molecule has 3 amide bonds. The van der Waals surface area contributed by atoms with Gasteiger partial charge in [0.1, 0.15) is 0 Å². The highest BCUT2D eigenvalue weighted by Gasteiger charge is 2.30. The summed E-state index contributed by atoms with van der Waals surface area (Å²) in [6.45, 7) is 9.25. The Labute approximate surface area is 194 Å². The van der Waals surface area contributed by atoms with E-state index in [4.69, 9.17) is 0 Å². The van der Waals surface area contributed by atoms with Crippen LogP contribution in [0.3, 0.4) is 0 Å². The molecular formula is C29H28N2O2. The number of benzene rings is 4. The summed E-state index contributed by atoms with van der Waals surface area (Å²) in [5, 5.41) is 7.31. The summed E-state index contributed by atoms with van der Waals surface area (Å²) < 4.78 is 0. The van der Waals surface area contributed by atoms with Crippen LogP contribution in [0.4, 0.5) is 4.79 Å². The van der Waals surface area contributed by atoms with Crippen molar-refractivity contribution in [1.29, 1.82) is 0 Å². The molecule has 0 heterocycles. The lowest BCUT2D eigenvalue weighted by molar-refractivity contribution is -0.125. The Kier molecular flexibility index (Phi) is 6.27. The Balaban J connectivity index is 1.69. The van der Waals surface area contributed by atoms with Crippen LogP contribution in [0.1, 0.15) is 44.0 Å². The number of imide groups is 1. The molecule has 166 valence electrons. The number of rotatable bonds is 5. The molecule has 0 saturated carbocycles. The lowest BCUT2D eigenvalue weighted by atomic mass is 9.98. The van der Waals surface area contributed by atoms with E-state index in [1.54, 1.807) is 6.92 Å². The van der Waals surface area contributed by atoms with E-state index >= 15 is 0 Å². The van der Waals surface area contributed by atoms with E-state index < -0.39 is 18.0 Å². The average Bonchev–Trinajstić information content (AvgIpc) is 2.83. The van der Waals surface area contributed by atoms with Crippen molar-refractivity contribution < 1.29 is 9.59 Å². The molecule has 0 saturated heterocycles. The summed E-state index contributed by atoms with van der Waals surface area (Å²) in [7, 11) is 0. The molecular weight excluding hydrogens is 408 g/mol. The zero-order chi connectivity index (χ0) is 23.5. The fourth-order valence-electron chi connectivity index (χ4n) is 4.36. The van der Waals surface area contributed by atoms with Crippen LogP contribution in [0.25, 0.3) is 21.5 Å². The first-order chi connectivity index (χ1) is 15.9. The van der Waals surface area contributed by atoms with Gasteiger partial charge >= 0.3 is 6.03 Å². The van der Waals surface area contributed by atoms with Crippen LogP contribution in [0.5, 0.6) is 0 Å². The summed E-state index contributed by atoms with van der Waals surface area (Å²) in [5.41, 5.74) is 2.23. The number of carbonyl (C=O) groups is 2. The first-order valence-corrected chi connectivity index (χ1v) is 11.1. The molecule has 0 radical (unpaired) electrons. The van der Waals surface area contributed by atoms with Gasteiger partial charge in [0, 0.05) is 5.57 Å². The summed E-state index contributed by atoms with van der Waals surface area (Å²) in [5.74, 6) is -0.391. The van der Waals surface area contributed by atoms with Gasteiger partial charge in [0.15, 0.2) is 0 Å². The third-order valence-corrected chi connectivity index (χ3v) is 6.09. The van der Waals surface area contributed by atoms with Crippen molar-refractivity contribution in [3.05, 3.63) is 108 Å². The van der Waals surface area contributed by atoms with Crippen molar-refractivity contribution in [2.75, 3.05) is 0 Å². The molecule has 0 aliphatic rings. The molecule has 2 atom stereocenters. The van der Waals surface area contributed by atoms with Crippen LogP contribution in [-0.2, 0) is 4.79 Å². The summed E-state index contributed by atoms with van der Waals surface area (Å²) in [4.78, 5) is 27.9. The molecule has 0 aliphatic heterocycles. The number of nitrogens with one attached hydrogen (secondary N) is 1. The smallest absolute Gasteiger partial charge is 0.325 e. The van der Waals surface area contributed by atoms with Crippen LogP contribution in [0.2, 0.25) is 0 Å². The molecule has 0 aromatic heterocycles. The maximum Gasteiger partial charge on any atom is 0.325 e. The van der Waals surface area contributed by atoms with Crippen molar-refractivity contribution in [3.8, 4) is 0 Å². The Hall–Kier alpha value is -3.92. The number of carbonyl (C=O) groups excluding carboxylic acids is 2. The Morgan fingerprint density at radius 1 is 0.758 bits per heavy atom. The Morgan fingerprint density at radius 2 is 1.24 bits per heavy atom. The first kappa shape index (κ1) is 22.3. The van der Waals surface area contributed by atoms with Crippen LogP contribution in [0.15, 0.2) is 97.1 Å². The number of hydrogen-bond acceptors (Lipinski definition) is 2. The second-order valence-electron chi connectivity index (χ2n) is 8.44. The largest absolute Gasteiger partial charge is 0.331 e. The van der Waals surface area contributed by atoms with Gasteiger partial charge in [0.2, 0.25) is 0 Å². The number of nitrogens with zero attached hydrogens (tertiary/aromatic N) is 1. The van der Waals surface area contributed by atoms with Gasteiger partial charge in [-0.15, -0.1) is 0 Å². The molecule has 0 aliphatic carbocycles.